The number of aldehydes is 1. The Labute approximate surface area is 198 Å². The first kappa shape index (κ1) is 23.2. The second-order valence-electron chi connectivity index (χ2n) is 8.65. The largest absolute Gasteiger partial charge is 0.343 e. The summed E-state index contributed by atoms with van der Waals surface area (Å²) in [7, 11) is 0. The number of fused-ring (bicyclic) bond motifs is 3. The molecule has 0 aromatic heterocycles. The summed E-state index contributed by atoms with van der Waals surface area (Å²) in [6.45, 7) is 1.44. The Morgan fingerprint density at radius 2 is 1.85 bits per heavy atom. The van der Waals surface area contributed by atoms with Gasteiger partial charge in [-0.05, 0) is 42.4 Å². The Kier molecular flexibility index (Phi) is 7.28. The second kappa shape index (κ2) is 10.3. The van der Waals surface area contributed by atoms with Crippen LogP contribution in [-0.2, 0) is 32.0 Å². The van der Waals surface area contributed by atoms with E-state index in [0.717, 1.165) is 47.6 Å². The van der Waals surface area contributed by atoms with Crippen LogP contribution in [0.25, 0.3) is 0 Å². The topological polar surface area (TPSA) is 83.6 Å². The third-order valence-electron chi connectivity index (χ3n) is 6.40. The quantitative estimate of drug-likeness (QED) is 0.664. The first-order chi connectivity index (χ1) is 16.0. The van der Waals surface area contributed by atoms with Crippen molar-refractivity contribution in [2.24, 2.45) is 0 Å². The van der Waals surface area contributed by atoms with Crippen LogP contribution in [0.2, 0.25) is 0 Å². The highest BCUT2D eigenvalue weighted by atomic mass is 32.2. The molecule has 7 heteroatoms. The zero-order valence-corrected chi connectivity index (χ0v) is 19.4. The summed E-state index contributed by atoms with van der Waals surface area (Å²) in [6.07, 6.45) is 3.90. The number of carbonyl (C=O) groups is 4. The van der Waals surface area contributed by atoms with E-state index in [4.69, 9.17) is 0 Å². The fourth-order valence-electron chi connectivity index (χ4n) is 4.91. The predicted octanol–water partition coefficient (Wildman–Crippen LogP) is 3.24. The van der Waals surface area contributed by atoms with Gasteiger partial charge in [0, 0.05) is 13.3 Å². The van der Waals surface area contributed by atoms with Gasteiger partial charge >= 0.3 is 0 Å². The number of piperidine rings is 1. The van der Waals surface area contributed by atoms with Gasteiger partial charge in [-0.2, -0.15) is 0 Å². The maximum atomic E-state index is 13.6. The average molecular weight is 465 g/mol. The number of nitrogens with one attached hydrogen (secondary N) is 1. The van der Waals surface area contributed by atoms with Gasteiger partial charge in [0.1, 0.15) is 12.3 Å². The fourth-order valence-corrected chi connectivity index (χ4v) is 5.76. The molecular weight excluding hydrogens is 436 g/mol. The molecule has 0 saturated carbocycles. The van der Waals surface area contributed by atoms with E-state index in [1.165, 1.54) is 6.92 Å². The molecule has 33 heavy (non-hydrogen) atoms. The van der Waals surface area contributed by atoms with Crippen molar-refractivity contribution in [3.63, 3.8) is 0 Å². The molecule has 1 saturated heterocycles. The van der Waals surface area contributed by atoms with Crippen LogP contribution in [0.3, 0.4) is 0 Å². The van der Waals surface area contributed by atoms with E-state index in [-0.39, 0.29) is 23.0 Å². The molecule has 1 fully saturated rings. The molecular formula is C26H28N2O4S. The lowest BCUT2D eigenvalue weighted by molar-refractivity contribution is -0.144. The molecule has 4 atom stereocenters. The molecule has 2 heterocycles. The van der Waals surface area contributed by atoms with Gasteiger partial charge in [-0.15, -0.1) is 0 Å². The van der Waals surface area contributed by atoms with E-state index in [1.54, 1.807) is 4.90 Å². The van der Waals surface area contributed by atoms with E-state index in [9.17, 15) is 19.2 Å². The molecule has 1 unspecified atom stereocenters. The summed E-state index contributed by atoms with van der Waals surface area (Å²) >= 11 is 0.979. The monoisotopic (exact) mass is 464 g/mol. The van der Waals surface area contributed by atoms with Crippen LogP contribution in [0.4, 0.5) is 0 Å². The summed E-state index contributed by atoms with van der Waals surface area (Å²) in [5.41, 5.74) is 3.00. The highest BCUT2D eigenvalue weighted by Crippen LogP contribution is 2.38. The van der Waals surface area contributed by atoms with Crippen LogP contribution in [0.5, 0.6) is 0 Å². The van der Waals surface area contributed by atoms with E-state index in [0.29, 0.717) is 19.3 Å². The van der Waals surface area contributed by atoms with Gasteiger partial charge in [0.2, 0.25) is 11.8 Å². The predicted molar refractivity (Wildman–Crippen MR) is 128 cm³/mol. The Bertz CT molecular complexity index is 1040. The van der Waals surface area contributed by atoms with Crippen LogP contribution in [-0.4, -0.2) is 45.4 Å². The lowest BCUT2D eigenvalue weighted by Crippen LogP contribution is -2.55. The molecule has 172 valence electrons. The summed E-state index contributed by atoms with van der Waals surface area (Å²) in [6, 6.07) is 16.0. The second-order valence-corrected chi connectivity index (χ2v) is 10.0. The van der Waals surface area contributed by atoms with Crippen molar-refractivity contribution in [2.75, 3.05) is 0 Å². The van der Waals surface area contributed by atoms with Crippen LogP contribution >= 0.6 is 11.8 Å². The lowest BCUT2D eigenvalue weighted by atomic mass is 9.89. The molecule has 2 aliphatic rings. The Morgan fingerprint density at radius 3 is 2.58 bits per heavy atom. The van der Waals surface area contributed by atoms with E-state index < -0.39 is 17.3 Å². The molecule has 2 aliphatic heterocycles. The van der Waals surface area contributed by atoms with Gasteiger partial charge in [-0.25, -0.2) is 0 Å². The third-order valence-corrected chi connectivity index (χ3v) is 7.40. The number of rotatable bonds is 6. The van der Waals surface area contributed by atoms with Crippen molar-refractivity contribution in [3.05, 3.63) is 71.3 Å². The summed E-state index contributed by atoms with van der Waals surface area (Å²) in [5.74, 6) is -0.569. The lowest BCUT2D eigenvalue weighted by Gasteiger charge is -2.40. The van der Waals surface area contributed by atoms with Gasteiger partial charge in [0.15, 0.2) is 5.12 Å². The number of amides is 2. The number of hydrogen-bond donors (Lipinski definition) is 1. The van der Waals surface area contributed by atoms with Gasteiger partial charge in [0.25, 0.3) is 0 Å². The van der Waals surface area contributed by atoms with Crippen molar-refractivity contribution in [3.8, 4) is 0 Å². The van der Waals surface area contributed by atoms with Crippen LogP contribution < -0.4 is 5.32 Å². The number of carbonyl (C=O) groups excluding carboxylic acids is 4. The number of hydrogen-bond acceptors (Lipinski definition) is 5. The third kappa shape index (κ3) is 5.19. The molecule has 6 nitrogen and oxygen atoms in total. The minimum Gasteiger partial charge on any atom is -0.343 e. The normalized spacial score (nSPS) is 23.0. The van der Waals surface area contributed by atoms with Gasteiger partial charge < -0.3 is 15.0 Å². The van der Waals surface area contributed by atoms with Gasteiger partial charge in [-0.1, -0.05) is 66.4 Å². The minimum absolute atomic E-state index is 0.152. The average Bonchev–Trinajstić information content (AvgIpc) is 2.94. The fraction of sp³-hybridized carbons (Fsp3) is 0.385. The highest BCUT2D eigenvalue weighted by molar-refractivity contribution is 8.14. The van der Waals surface area contributed by atoms with E-state index >= 15 is 0 Å². The molecule has 4 rings (SSSR count). The van der Waals surface area contributed by atoms with E-state index in [2.05, 4.69) is 5.32 Å². The smallest absolute Gasteiger partial charge is 0.246 e. The molecule has 1 N–H and O–H groups in total. The maximum absolute atomic E-state index is 13.6. The Balaban J connectivity index is 1.61. The van der Waals surface area contributed by atoms with Crippen LogP contribution in [0.15, 0.2) is 54.6 Å². The van der Waals surface area contributed by atoms with Crippen molar-refractivity contribution in [2.45, 2.75) is 62.4 Å². The Morgan fingerprint density at radius 1 is 1.12 bits per heavy atom. The summed E-state index contributed by atoms with van der Waals surface area (Å²) < 4.78 is 0. The maximum Gasteiger partial charge on any atom is 0.246 e. The SMILES string of the molecule is CC(=O)S[C@@H](Cc1ccccc1)C(=O)N[C@H]1Cc2ccccc2C2CCC[C@@H](C=O)N2C1=O. The van der Waals surface area contributed by atoms with Crippen molar-refractivity contribution < 1.29 is 19.2 Å². The molecule has 2 aromatic carbocycles. The highest BCUT2D eigenvalue weighted by Gasteiger charge is 2.42. The molecule has 0 radical (unpaired) electrons. The molecule has 2 amide bonds. The standard InChI is InChI=1S/C26H28N2O4S/c1-17(30)33-24(14-18-8-3-2-4-9-18)25(31)27-22-15-19-10-5-6-12-21(19)23-13-7-11-20(16-29)28(23)26(22)32/h2-6,8-10,12,16,20,22-24H,7,11,13-15H2,1H3,(H,27,31)/t20-,22-,23?,24-/m0/s1. The van der Waals surface area contributed by atoms with Crippen LogP contribution in [0.1, 0.15) is 48.9 Å². The molecule has 0 spiro atoms. The summed E-state index contributed by atoms with van der Waals surface area (Å²) in [5, 5.41) is 2.14. The van der Waals surface area contributed by atoms with Crippen molar-refractivity contribution in [1.82, 2.24) is 10.2 Å². The molecule has 0 bridgehead atoms. The molecule has 0 aliphatic carbocycles. The minimum atomic E-state index is -0.782. The number of nitrogens with zero attached hydrogens (tertiary/aromatic N) is 1. The first-order valence-electron chi connectivity index (χ1n) is 11.3. The Hall–Kier alpha value is -2.93. The number of benzene rings is 2. The summed E-state index contributed by atoms with van der Waals surface area (Å²) in [4.78, 5) is 52.3. The van der Waals surface area contributed by atoms with E-state index in [1.807, 2.05) is 54.6 Å². The zero-order chi connectivity index (χ0) is 23.4. The van der Waals surface area contributed by atoms with Gasteiger partial charge in [0.05, 0.1) is 17.3 Å². The first-order valence-corrected chi connectivity index (χ1v) is 12.2. The van der Waals surface area contributed by atoms with Crippen molar-refractivity contribution in [1.29, 1.82) is 0 Å². The van der Waals surface area contributed by atoms with Gasteiger partial charge in [-0.3, -0.25) is 14.4 Å². The van der Waals surface area contributed by atoms with Crippen LogP contribution in [0, 0.1) is 0 Å². The molecule has 2 aromatic rings. The zero-order valence-electron chi connectivity index (χ0n) is 18.6. The van der Waals surface area contributed by atoms with Crippen molar-refractivity contribution >= 4 is 35.0 Å². The number of thioether (sulfide) groups is 1.